The summed E-state index contributed by atoms with van der Waals surface area (Å²) in [6, 6.07) is 1.95. The Morgan fingerprint density at radius 1 is 1.32 bits per heavy atom. The summed E-state index contributed by atoms with van der Waals surface area (Å²) in [7, 11) is 0. The van der Waals surface area contributed by atoms with Crippen LogP contribution in [-0.4, -0.2) is 27.6 Å². The van der Waals surface area contributed by atoms with Gasteiger partial charge in [0.05, 0.1) is 0 Å². The fraction of sp³-hybridized carbons (Fsp3) is 0.647. The summed E-state index contributed by atoms with van der Waals surface area (Å²) in [5.41, 5.74) is 1.48. The number of hydrogen-bond donors (Lipinski definition) is 0. The number of amides is 1. The summed E-state index contributed by atoms with van der Waals surface area (Å²) >= 11 is 6.23. The Labute approximate surface area is 138 Å². The summed E-state index contributed by atoms with van der Waals surface area (Å²) in [6.45, 7) is 14.1. The van der Waals surface area contributed by atoms with Gasteiger partial charge in [0.25, 0.3) is 0 Å². The number of nitrogens with zero attached hydrogens (tertiary/aromatic N) is 2. The molecule has 124 valence electrons. The van der Waals surface area contributed by atoms with Crippen molar-refractivity contribution in [1.29, 1.82) is 0 Å². The van der Waals surface area contributed by atoms with Gasteiger partial charge in [-0.2, -0.15) is 0 Å². The fourth-order valence-electron chi connectivity index (χ4n) is 2.19. The molecule has 1 rings (SSSR count). The van der Waals surface area contributed by atoms with Gasteiger partial charge in [-0.15, -0.1) is 0 Å². The minimum Gasteiger partial charge on any atom is -0.444 e. The van der Waals surface area contributed by atoms with Crippen molar-refractivity contribution in [3.63, 3.8) is 0 Å². The highest BCUT2D eigenvalue weighted by molar-refractivity contribution is 6.30. The van der Waals surface area contributed by atoms with Gasteiger partial charge in [-0.3, -0.25) is 0 Å². The van der Waals surface area contributed by atoms with E-state index in [1.807, 2.05) is 40.7 Å². The first-order valence-corrected chi connectivity index (χ1v) is 8.03. The van der Waals surface area contributed by atoms with Crippen LogP contribution >= 0.6 is 11.6 Å². The molecule has 0 aliphatic heterocycles. The molecule has 0 fully saturated rings. The van der Waals surface area contributed by atoms with Crippen LogP contribution < -0.4 is 0 Å². The lowest BCUT2D eigenvalue weighted by molar-refractivity contribution is 0.0171. The summed E-state index contributed by atoms with van der Waals surface area (Å²) in [4.78, 5) is 18.3. The van der Waals surface area contributed by atoms with Crippen molar-refractivity contribution >= 4 is 17.7 Å². The van der Waals surface area contributed by atoms with E-state index in [9.17, 15) is 4.79 Å². The first-order chi connectivity index (χ1) is 10.0. The molecular formula is C17H27ClN2O2. The molecule has 0 N–H and O–H groups in total. The molecule has 0 radical (unpaired) electrons. The molecule has 0 atom stereocenters. The smallest absolute Gasteiger partial charge is 0.410 e. The first kappa shape index (κ1) is 18.8. The Balaban J connectivity index is 3.07. The van der Waals surface area contributed by atoms with Crippen LogP contribution in [0.1, 0.15) is 65.5 Å². The van der Waals surface area contributed by atoms with E-state index < -0.39 is 5.60 Å². The Morgan fingerprint density at radius 3 is 2.36 bits per heavy atom. The molecule has 1 heterocycles. The number of ether oxygens (including phenoxy) is 1. The van der Waals surface area contributed by atoms with Crippen LogP contribution in [0.25, 0.3) is 0 Å². The normalized spacial score (nSPS) is 11.9. The van der Waals surface area contributed by atoms with Gasteiger partial charge in [-0.25, -0.2) is 9.78 Å². The van der Waals surface area contributed by atoms with Crippen molar-refractivity contribution in [2.24, 2.45) is 0 Å². The predicted octanol–water partition coefficient (Wildman–Crippen LogP) is 5.00. The number of aromatic nitrogens is 1. The van der Waals surface area contributed by atoms with Crippen molar-refractivity contribution in [3.05, 3.63) is 28.5 Å². The van der Waals surface area contributed by atoms with Gasteiger partial charge in [0.15, 0.2) is 0 Å². The van der Waals surface area contributed by atoms with Gasteiger partial charge in [-0.05, 0) is 57.7 Å². The third kappa shape index (κ3) is 5.16. The minimum absolute atomic E-state index is 0.0294. The van der Waals surface area contributed by atoms with E-state index in [1.165, 1.54) is 0 Å². The number of carbonyl (C=O) groups is 1. The Bertz CT molecular complexity index is 522. The number of hydrogen-bond acceptors (Lipinski definition) is 3. The van der Waals surface area contributed by atoms with Crippen LogP contribution in [0.5, 0.6) is 0 Å². The van der Waals surface area contributed by atoms with Gasteiger partial charge in [-0.1, -0.05) is 25.4 Å². The van der Waals surface area contributed by atoms with Crippen molar-refractivity contribution in [1.82, 2.24) is 9.88 Å². The lowest BCUT2D eigenvalue weighted by atomic mass is 9.99. The molecule has 0 unspecified atom stereocenters. The second-order valence-electron chi connectivity index (χ2n) is 7.03. The number of pyridine rings is 1. The van der Waals surface area contributed by atoms with E-state index in [4.69, 9.17) is 16.3 Å². The summed E-state index contributed by atoms with van der Waals surface area (Å²) in [6.07, 6.45) is 1.36. The van der Waals surface area contributed by atoms with Gasteiger partial charge in [0, 0.05) is 18.8 Å². The highest BCUT2D eigenvalue weighted by atomic mass is 35.5. The van der Waals surface area contributed by atoms with Crippen molar-refractivity contribution in [2.75, 3.05) is 0 Å². The minimum atomic E-state index is -0.513. The van der Waals surface area contributed by atoms with Crippen LogP contribution in [0.4, 0.5) is 4.79 Å². The molecule has 0 aliphatic carbocycles. The van der Waals surface area contributed by atoms with Crippen LogP contribution in [0.15, 0.2) is 12.3 Å². The second-order valence-corrected chi connectivity index (χ2v) is 7.39. The van der Waals surface area contributed by atoms with Gasteiger partial charge in [0.2, 0.25) is 0 Å². The average Bonchev–Trinajstić information content (AvgIpc) is 2.32. The molecule has 5 heteroatoms. The standard InChI is InChI=1S/C17H27ClN2O2/c1-11(2)14-13(8-9-19-15(14)18)10-20(12(3)4)16(21)22-17(5,6)7/h8-9,11-12H,10H2,1-7H3. The van der Waals surface area contributed by atoms with E-state index in [-0.39, 0.29) is 18.1 Å². The maximum absolute atomic E-state index is 12.4. The molecule has 0 bridgehead atoms. The molecular weight excluding hydrogens is 300 g/mol. The van der Waals surface area contributed by atoms with E-state index in [0.29, 0.717) is 11.7 Å². The topological polar surface area (TPSA) is 42.4 Å². The summed E-state index contributed by atoms with van der Waals surface area (Å²) in [5.74, 6) is 0.240. The zero-order chi connectivity index (χ0) is 17.1. The molecule has 0 aromatic carbocycles. The quantitative estimate of drug-likeness (QED) is 0.731. The molecule has 1 aromatic heterocycles. The van der Waals surface area contributed by atoms with E-state index in [0.717, 1.165) is 11.1 Å². The summed E-state index contributed by atoms with van der Waals surface area (Å²) in [5, 5.41) is 0.500. The highest BCUT2D eigenvalue weighted by Crippen LogP contribution is 2.27. The predicted molar refractivity (Wildman–Crippen MR) is 90.2 cm³/mol. The van der Waals surface area contributed by atoms with E-state index in [2.05, 4.69) is 18.8 Å². The maximum Gasteiger partial charge on any atom is 0.410 e. The average molecular weight is 327 g/mol. The van der Waals surface area contributed by atoms with Crippen LogP contribution in [-0.2, 0) is 11.3 Å². The fourth-order valence-corrected chi connectivity index (χ4v) is 2.59. The van der Waals surface area contributed by atoms with Gasteiger partial charge < -0.3 is 9.64 Å². The summed E-state index contributed by atoms with van der Waals surface area (Å²) < 4.78 is 5.50. The Morgan fingerprint density at radius 2 is 1.91 bits per heavy atom. The second kappa shape index (κ2) is 7.32. The monoisotopic (exact) mass is 326 g/mol. The third-order valence-corrected chi connectivity index (χ3v) is 3.50. The van der Waals surface area contributed by atoms with E-state index in [1.54, 1.807) is 11.1 Å². The molecule has 1 amide bonds. The van der Waals surface area contributed by atoms with Crippen LogP contribution in [0.2, 0.25) is 5.15 Å². The molecule has 0 aliphatic rings. The highest BCUT2D eigenvalue weighted by Gasteiger charge is 2.25. The molecule has 22 heavy (non-hydrogen) atoms. The molecule has 0 saturated carbocycles. The first-order valence-electron chi connectivity index (χ1n) is 7.65. The largest absolute Gasteiger partial charge is 0.444 e. The van der Waals surface area contributed by atoms with Crippen molar-refractivity contribution in [2.45, 2.75) is 72.6 Å². The zero-order valence-electron chi connectivity index (χ0n) is 14.6. The van der Waals surface area contributed by atoms with Crippen molar-refractivity contribution in [3.8, 4) is 0 Å². The molecule has 0 spiro atoms. The Kier molecular flexibility index (Phi) is 6.24. The van der Waals surface area contributed by atoms with Gasteiger partial charge in [0.1, 0.15) is 10.8 Å². The zero-order valence-corrected chi connectivity index (χ0v) is 15.4. The lowest BCUT2D eigenvalue weighted by Gasteiger charge is -2.31. The molecule has 1 aromatic rings. The van der Waals surface area contributed by atoms with E-state index >= 15 is 0 Å². The number of carbonyl (C=O) groups excluding carboxylic acids is 1. The molecule has 4 nitrogen and oxygen atoms in total. The van der Waals surface area contributed by atoms with Crippen LogP contribution in [0.3, 0.4) is 0 Å². The Hall–Kier alpha value is -1.29. The number of halogens is 1. The molecule has 0 saturated heterocycles. The maximum atomic E-state index is 12.4. The lowest BCUT2D eigenvalue weighted by Crippen LogP contribution is -2.40. The SMILES string of the molecule is CC(C)c1c(CN(C(=O)OC(C)(C)C)C(C)C)ccnc1Cl. The van der Waals surface area contributed by atoms with Crippen LogP contribution in [0, 0.1) is 0 Å². The number of rotatable bonds is 4. The van der Waals surface area contributed by atoms with Crippen molar-refractivity contribution < 1.29 is 9.53 Å². The van der Waals surface area contributed by atoms with Gasteiger partial charge >= 0.3 is 6.09 Å². The third-order valence-electron chi connectivity index (χ3n) is 3.20.